The van der Waals surface area contributed by atoms with Gasteiger partial charge in [-0.2, -0.15) is 13.2 Å². The van der Waals surface area contributed by atoms with Crippen LogP contribution in [-0.2, 0) is 5.41 Å². The zero-order valence-corrected chi connectivity index (χ0v) is 10.8. The summed E-state index contributed by atoms with van der Waals surface area (Å²) in [5.41, 5.74) is 2.83. The first-order valence-electron chi connectivity index (χ1n) is 5.59. The molecule has 0 spiro atoms. The average molecular weight is 290 g/mol. The van der Waals surface area contributed by atoms with E-state index in [1.807, 2.05) is 0 Å². The third kappa shape index (κ3) is 3.69. The zero-order chi connectivity index (χ0) is 15.7. The third-order valence-corrected chi connectivity index (χ3v) is 2.88. The molecule has 5 nitrogen and oxygen atoms in total. The van der Waals surface area contributed by atoms with Crippen LogP contribution in [0.5, 0.6) is 0 Å². The van der Waals surface area contributed by atoms with Gasteiger partial charge in [-0.3, -0.25) is 14.9 Å². The van der Waals surface area contributed by atoms with E-state index in [2.05, 4.69) is 0 Å². The van der Waals surface area contributed by atoms with E-state index in [4.69, 9.17) is 5.73 Å². The maximum absolute atomic E-state index is 12.5. The fourth-order valence-electron chi connectivity index (χ4n) is 1.92. The Labute approximate surface area is 112 Å². The van der Waals surface area contributed by atoms with Crippen molar-refractivity contribution in [3.05, 3.63) is 39.4 Å². The summed E-state index contributed by atoms with van der Waals surface area (Å²) < 4.78 is 37.5. The summed E-state index contributed by atoms with van der Waals surface area (Å²) in [4.78, 5) is 21.1. The van der Waals surface area contributed by atoms with Gasteiger partial charge in [0, 0.05) is 6.07 Å². The van der Waals surface area contributed by atoms with E-state index < -0.39 is 34.5 Å². The van der Waals surface area contributed by atoms with Crippen molar-refractivity contribution < 1.29 is 22.9 Å². The number of alkyl halides is 3. The summed E-state index contributed by atoms with van der Waals surface area (Å²) in [5.74, 6) is -1.00. The molecule has 0 fully saturated rings. The smallest absolute Gasteiger partial charge is 0.365 e. The fraction of sp³-hybridized carbons (Fsp3) is 0.417. The molecule has 1 aromatic rings. The van der Waals surface area contributed by atoms with Crippen LogP contribution in [0.2, 0.25) is 0 Å². The van der Waals surface area contributed by atoms with Gasteiger partial charge in [0.1, 0.15) is 5.56 Å². The lowest BCUT2D eigenvalue weighted by Gasteiger charge is -2.26. The van der Waals surface area contributed by atoms with Crippen LogP contribution in [0, 0.1) is 10.1 Å². The molecule has 0 unspecified atom stereocenters. The van der Waals surface area contributed by atoms with Crippen LogP contribution in [-0.4, -0.2) is 17.0 Å². The summed E-state index contributed by atoms with van der Waals surface area (Å²) in [6.45, 7) is 2.65. The van der Waals surface area contributed by atoms with Crippen LogP contribution in [0.15, 0.2) is 18.2 Å². The molecule has 1 rings (SSSR count). The summed E-state index contributed by atoms with van der Waals surface area (Å²) in [6, 6.07) is 3.29. The first-order valence-corrected chi connectivity index (χ1v) is 5.59. The number of benzene rings is 1. The van der Waals surface area contributed by atoms with E-state index in [9.17, 15) is 28.1 Å². The first-order chi connectivity index (χ1) is 8.94. The molecule has 0 saturated carbocycles. The highest BCUT2D eigenvalue weighted by Gasteiger charge is 2.38. The molecule has 110 valence electrons. The molecular weight excluding hydrogens is 277 g/mol. The minimum atomic E-state index is -4.40. The maximum Gasteiger partial charge on any atom is 0.389 e. The Morgan fingerprint density at radius 3 is 2.30 bits per heavy atom. The molecule has 8 heteroatoms. The number of nitro benzene ring substituents is 1. The van der Waals surface area contributed by atoms with E-state index in [1.54, 1.807) is 0 Å². The minimum absolute atomic E-state index is 0.117. The molecule has 0 saturated heterocycles. The Bertz CT molecular complexity index is 553. The molecular formula is C12H13F3N2O3. The first kappa shape index (κ1) is 15.9. The second-order valence-corrected chi connectivity index (χ2v) is 5.03. The Morgan fingerprint density at radius 1 is 1.35 bits per heavy atom. The Balaban J connectivity index is 3.31. The van der Waals surface area contributed by atoms with Gasteiger partial charge >= 0.3 is 6.18 Å². The van der Waals surface area contributed by atoms with Gasteiger partial charge < -0.3 is 5.73 Å². The molecule has 2 N–H and O–H groups in total. The lowest BCUT2D eigenvalue weighted by molar-refractivity contribution is -0.385. The fourth-order valence-corrected chi connectivity index (χ4v) is 1.92. The summed E-state index contributed by atoms with van der Waals surface area (Å²) >= 11 is 0. The number of nitro groups is 1. The van der Waals surface area contributed by atoms with Crippen LogP contribution in [0.25, 0.3) is 0 Å². The summed E-state index contributed by atoms with van der Waals surface area (Å²) in [7, 11) is 0. The number of hydrogen-bond acceptors (Lipinski definition) is 3. The molecule has 0 atom stereocenters. The largest absolute Gasteiger partial charge is 0.389 e. The molecule has 0 radical (unpaired) electrons. The van der Waals surface area contributed by atoms with Gasteiger partial charge in [0.25, 0.3) is 11.6 Å². The van der Waals surface area contributed by atoms with E-state index >= 15 is 0 Å². The third-order valence-electron chi connectivity index (χ3n) is 2.88. The van der Waals surface area contributed by atoms with Gasteiger partial charge in [0.2, 0.25) is 0 Å². The summed E-state index contributed by atoms with van der Waals surface area (Å²) in [6.07, 6.45) is -5.53. The van der Waals surface area contributed by atoms with Gasteiger partial charge in [-0.25, -0.2) is 0 Å². The number of nitrogens with zero attached hydrogens (tertiary/aromatic N) is 1. The lowest BCUT2D eigenvalue weighted by Crippen LogP contribution is -2.26. The van der Waals surface area contributed by atoms with Crippen molar-refractivity contribution in [2.75, 3.05) is 0 Å². The van der Waals surface area contributed by atoms with Crippen molar-refractivity contribution >= 4 is 11.6 Å². The number of carbonyl (C=O) groups is 1. The van der Waals surface area contributed by atoms with Crippen molar-refractivity contribution in [3.8, 4) is 0 Å². The second-order valence-electron chi connectivity index (χ2n) is 5.03. The number of halogens is 3. The zero-order valence-electron chi connectivity index (χ0n) is 10.8. The average Bonchev–Trinajstić information content (AvgIpc) is 2.24. The van der Waals surface area contributed by atoms with Crippen molar-refractivity contribution in [1.82, 2.24) is 0 Å². The van der Waals surface area contributed by atoms with Crippen molar-refractivity contribution in [2.24, 2.45) is 5.73 Å². The molecule has 1 aromatic carbocycles. The van der Waals surface area contributed by atoms with E-state index in [1.165, 1.54) is 19.9 Å². The van der Waals surface area contributed by atoms with Gasteiger partial charge in [-0.15, -0.1) is 0 Å². The van der Waals surface area contributed by atoms with Crippen LogP contribution in [0.3, 0.4) is 0 Å². The highest BCUT2D eigenvalue weighted by atomic mass is 19.4. The number of carbonyl (C=O) groups excluding carboxylic acids is 1. The van der Waals surface area contributed by atoms with Crippen molar-refractivity contribution in [2.45, 2.75) is 31.9 Å². The van der Waals surface area contributed by atoms with Crippen molar-refractivity contribution in [3.63, 3.8) is 0 Å². The van der Waals surface area contributed by atoms with E-state index in [0.29, 0.717) is 0 Å². The van der Waals surface area contributed by atoms with Gasteiger partial charge in [0.05, 0.1) is 11.3 Å². The Kier molecular flexibility index (Phi) is 4.07. The monoisotopic (exact) mass is 290 g/mol. The number of hydrogen-bond donors (Lipinski definition) is 1. The van der Waals surface area contributed by atoms with Crippen LogP contribution in [0.1, 0.15) is 36.2 Å². The van der Waals surface area contributed by atoms with Gasteiger partial charge in [-0.05, 0) is 17.0 Å². The molecule has 0 bridgehead atoms. The second kappa shape index (κ2) is 5.10. The summed E-state index contributed by atoms with van der Waals surface area (Å²) in [5, 5.41) is 10.9. The van der Waals surface area contributed by atoms with E-state index in [-0.39, 0.29) is 11.1 Å². The number of nitrogens with two attached hydrogens (primary N) is 1. The number of amides is 1. The number of primary amides is 1. The molecule has 20 heavy (non-hydrogen) atoms. The quantitative estimate of drug-likeness (QED) is 0.683. The Hall–Kier alpha value is -2.12. The lowest BCUT2D eigenvalue weighted by atomic mass is 9.80. The van der Waals surface area contributed by atoms with Crippen molar-refractivity contribution in [1.29, 1.82) is 0 Å². The molecule has 0 aliphatic heterocycles. The van der Waals surface area contributed by atoms with Crippen LogP contribution in [0.4, 0.5) is 18.9 Å². The molecule has 0 aliphatic rings. The molecule has 0 heterocycles. The standard InChI is InChI=1S/C12H13F3N2O3/c1-11(2,6-12(13,14)15)7-3-4-8(10(16)18)9(5-7)17(19)20/h3-5H,6H2,1-2H3,(H2,16,18). The minimum Gasteiger partial charge on any atom is -0.365 e. The number of rotatable bonds is 4. The van der Waals surface area contributed by atoms with Gasteiger partial charge in [-0.1, -0.05) is 19.9 Å². The normalized spacial score (nSPS) is 12.2. The highest BCUT2D eigenvalue weighted by Crippen LogP contribution is 2.37. The molecule has 1 amide bonds. The molecule has 0 aliphatic carbocycles. The maximum atomic E-state index is 12.5. The van der Waals surface area contributed by atoms with Gasteiger partial charge in [0.15, 0.2) is 0 Å². The Morgan fingerprint density at radius 2 is 1.90 bits per heavy atom. The predicted molar refractivity (Wildman–Crippen MR) is 65.3 cm³/mol. The molecule has 0 aromatic heterocycles. The van der Waals surface area contributed by atoms with E-state index in [0.717, 1.165) is 12.1 Å². The SMILES string of the molecule is CC(C)(CC(F)(F)F)c1ccc(C(N)=O)c([N+](=O)[O-])c1. The topological polar surface area (TPSA) is 86.2 Å². The van der Waals surface area contributed by atoms with Crippen LogP contribution >= 0.6 is 0 Å². The van der Waals surface area contributed by atoms with Crippen LogP contribution < -0.4 is 5.73 Å². The predicted octanol–water partition coefficient (Wildman–Crippen LogP) is 2.92. The highest BCUT2D eigenvalue weighted by molar-refractivity contribution is 5.97.